The average molecular weight is 247 g/mol. The lowest BCUT2D eigenvalue weighted by molar-refractivity contribution is 0.604. The normalized spacial score (nSPS) is 11.5. The van der Waals surface area contributed by atoms with Crippen molar-refractivity contribution in [2.24, 2.45) is 0 Å². The molecule has 0 atom stereocenters. The number of rotatable bonds is 3. The Hall–Kier alpha value is -1.55. The number of nitrogens with two attached hydrogens (primary N) is 1. The molecule has 1 aromatic heterocycles. The van der Waals surface area contributed by atoms with Crippen LogP contribution in [0.2, 0.25) is 0 Å². The molecule has 17 heavy (non-hydrogen) atoms. The summed E-state index contributed by atoms with van der Waals surface area (Å²) in [5.41, 5.74) is 8.61. The number of aromatic nitrogens is 1. The SMILES string of the molecule is Cc1cc(N)ccc1NC(C)(C)c1nccs1. The summed E-state index contributed by atoms with van der Waals surface area (Å²) in [7, 11) is 0. The Kier molecular flexibility index (Phi) is 3.07. The summed E-state index contributed by atoms with van der Waals surface area (Å²) in [6.45, 7) is 6.31. The molecule has 0 aliphatic rings. The van der Waals surface area contributed by atoms with E-state index in [1.165, 1.54) is 0 Å². The second-order valence-electron chi connectivity index (χ2n) is 4.66. The zero-order valence-corrected chi connectivity index (χ0v) is 11.1. The number of hydrogen-bond acceptors (Lipinski definition) is 4. The van der Waals surface area contributed by atoms with E-state index < -0.39 is 0 Å². The van der Waals surface area contributed by atoms with Gasteiger partial charge in [-0.25, -0.2) is 4.98 Å². The van der Waals surface area contributed by atoms with Crippen LogP contribution in [0.1, 0.15) is 24.4 Å². The molecule has 3 nitrogen and oxygen atoms in total. The molecule has 0 radical (unpaired) electrons. The highest BCUT2D eigenvalue weighted by Crippen LogP contribution is 2.29. The van der Waals surface area contributed by atoms with Crippen molar-refractivity contribution in [3.05, 3.63) is 40.3 Å². The molecule has 0 aliphatic carbocycles. The second kappa shape index (κ2) is 4.37. The molecule has 0 unspecified atom stereocenters. The van der Waals surface area contributed by atoms with E-state index in [9.17, 15) is 0 Å². The standard InChI is InChI=1S/C13H17N3S/c1-9-8-10(14)4-5-11(9)16-13(2,3)12-15-6-7-17-12/h4-8,16H,14H2,1-3H3. The summed E-state index contributed by atoms with van der Waals surface area (Å²) >= 11 is 1.66. The Labute approximate surface area is 106 Å². The van der Waals surface area contributed by atoms with Crippen molar-refractivity contribution >= 4 is 22.7 Å². The van der Waals surface area contributed by atoms with Gasteiger partial charge in [-0.3, -0.25) is 0 Å². The zero-order chi connectivity index (χ0) is 12.5. The summed E-state index contributed by atoms with van der Waals surface area (Å²) in [4.78, 5) is 4.36. The number of nitrogen functional groups attached to an aromatic ring is 1. The van der Waals surface area contributed by atoms with Gasteiger partial charge in [0.15, 0.2) is 0 Å². The largest absolute Gasteiger partial charge is 0.399 e. The average Bonchev–Trinajstić information content (AvgIpc) is 2.76. The van der Waals surface area contributed by atoms with Crippen molar-refractivity contribution in [1.29, 1.82) is 0 Å². The van der Waals surface area contributed by atoms with Crippen molar-refractivity contribution in [3.63, 3.8) is 0 Å². The van der Waals surface area contributed by atoms with Crippen LogP contribution in [0.5, 0.6) is 0 Å². The first-order valence-electron chi connectivity index (χ1n) is 5.53. The molecule has 2 rings (SSSR count). The number of aryl methyl sites for hydroxylation is 1. The third-order valence-corrected chi connectivity index (χ3v) is 3.76. The Morgan fingerprint density at radius 1 is 1.35 bits per heavy atom. The van der Waals surface area contributed by atoms with Crippen LogP contribution in [0.25, 0.3) is 0 Å². The van der Waals surface area contributed by atoms with Crippen molar-refractivity contribution in [2.45, 2.75) is 26.3 Å². The molecule has 3 N–H and O–H groups in total. The first kappa shape index (κ1) is 11.9. The quantitative estimate of drug-likeness (QED) is 0.817. The fraction of sp³-hybridized carbons (Fsp3) is 0.308. The van der Waals surface area contributed by atoms with Crippen LogP contribution >= 0.6 is 11.3 Å². The Morgan fingerprint density at radius 2 is 2.12 bits per heavy atom. The highest BCUT2D eigenvalue weighted by atomic mass is 32.1. The van der Waals surface area contributed by atoms with Gasteiger partial charge in [-0.05, 0) is 44.5 Å². The van der Waals surface area contributed by atoms with E-state index in [0.717, 1.165) is 21.9 Å². The fourth-order valence-corrected chi connectivity index (χ4v) is 2.47. The molecule has 2 aromatic rings. The van der Waals surface area contributed by atoms with Gasteiger partial charge in [0, 0.05) is 23.0 Å². The molecule has 90 valence electrons. The van der Waals surface area contributed by atoms with Gasteiger partial charge in [0.25, 0.3) is 0 Å². The molecule has 0 amide bonds. The van der Waals surface area contributed by atoms with E-state index >= 15 is 0 Å². The summed E-state index contributed by atoms with van der Waals surface area (Å²) in [5.74, 6) is 0. The molecular weight excluding hydrogens is 230 g/mol. The molecular formula is C13H17N3S. The maximum absolute atomic E-state index is 5.75. The number of anilines is 2. The Bertz CT molecular complexity index is 503. The van der Waals surface area contributed by atoms with Gasteiger partial charge < -0.3 is 11.1 Å². The molecule has 1 aromatic carbocycles. The number of benzene rings is 1. The molecule has 0 fully saturated rings. The molecule has 0 saturated heterocycles. The predicted molar refractivity (Wildman–Crippen MR) is 74.4 cm³/mol. The third kappa shape index (κ3) is 2.58. The lowest BCUT2D eigenvalue weighted by Crippen LogP contribution is -2.28. The number of hydrogen-bond donors (Lipinski definition) is 2. The van der Waals surface area contributed by atoms with Crippen LogP contribution in [0, 0.1) is 6.92 Å². The second-order valence-corrected chi connectivity index (χ2v) is 5.56. The van der Waals surface area contributed by atoms with Crippen LogP contribution in [-0.4, -0.2) is 4.98 Å². The maximum atomic E-state index is 5.75. The van der Waals surface area contributed by atoms with E-state index in [1.54, 1.807) is 11.3 Å². The van der Waals surface area contributed by atoms with Gasteiger partial charge in [-0.2, -0.15) is 0 Å². The van der Waals surface area contributed by atoms with Crippen LogP contribution in [0.3, 0.4) is 0 Å². The molecule has 0 spiro atoms. The van der Waals surface area contributed by atoms with Gasteiger partial charge >= 0.3 is 0 Å². The number of nitrogens with one attached hydrogen (secondary N) is 1. The van der Waals surface area contributed by atoms with Gasteiger partial charge in [-0.15, -0.1) is 11.3 Å². The highest BCUT2D eigenvalue weighted by molar-refractivity contribution is 7.09. The van der Waals surface area contributed by atoms with Crippen molar-refractivity contribution in [1.82, 2.24) is 4.98 Å². The summed E-state index contributed by atoms with van der Waals surface area (Å²) < 4.78 is 0. The van der Waals surface area contributed by atoms with Crippen molar-refractivity contribution in [2.75, 3.05) is 11.1 Å². The smallest absolute Gasteiger partial charge is 0.117 e. The minimum atomic E-state index is -0.172. The molecule has 4 heteroatoms. The molecule has 1 heterocycles. The summed E-state index contributed by atoms with van der Waals surface area (Å²) in [6, 6.07) is 5.90. The summed E-state index contributed by atoms with van der Waals surface area (Å²) in [6.07, 6.45) is 1.83. The summed E-state index contributed by atoms with van der Waals surface area (Å²) in [5, 5.41) is 6.58. The zero-order valence-electron chi connectivity index (χ0n) is 10.3. The minimum absolute atomic E-state index is 0.172. The van der Waals surface area contributed by atoms with E-state index in [2.05, 4.69) is 31.1 Å². The van der Waals surface area contributed by atoms with Gasteiger partial charge in [-0.1, -0.05) is 0 Å². The third-order valence-electron chi connectivity index (χ3n) is 2.66. The van der Waals surface area contributed by atoms with Crippen LogP contribution in [0.15, 0.2) is 29.8 Å². The van der Waals surface area contributed by atoms with Crippen LogP contribution in [0.4, 0.5) is 11.4 Å². The lowest BCUT2D eigenvalue weighted by atomic mass is 10.0. The monoisotopic (exact) mass is 247 g/mol. The van der Waals surface area contributed by atoms with Gasteiger partial charge in [0.05, 0.1) is 5.54 Å². The van der Waals surface area contributed by atoms with E-state index in [4.69, 9.17) is 5.73 Å². The van der Waals surface area contributed by atoms with E-state index in [-0.39, 0.29) is 5.54 Å². The van der Waals surface area contributed by atoms with Crippen molar-refractivity contribution < 1.29 is 0 Å². The van der Waals surface area contributed by atoms with Gasteiger partial charge in [0.2, 0.25) is 0 Å². The number of thiazole rings is 1. The predicted octanol–water partition coefficient (Wildman–Crippen LogP) is 3.38. The van der Waals surface area contributed by atoms with E-state index in [0.29, 0.717) is 0 Å². The molecule has 0 saturated carbocycles. The maximum Gasteiger partial charge on any atom is 0.117 e. The van der Waals surface area contributed by atoms with Gasteiger partial charge in [0.1, 0.15) is 5.01 Å². The van der Waals surface area contributed by atoms with Crippen molar-refractivity contribution in [3.8, 4) is 0 Å². The fourth-order valence-electron chi connectivity index (χ4n) is 1.75. The lowest BCUT2D eigenvalue weighted by Gasteiger charge is -2.26. The number of nitrogens with zero attached hydrogens (tertiary/aromatic N) is 1. The molecule has 0 bridgehead atoms. The van der Waals surface area contributed by atoms with E-state index in [1.807, 2.05) is 29.8 Å². The Morgan fingerprint density at radius 3 is 2.71 bits per heavy atom. The highest BCUT2D eigenvalue weighted by Gasteiger charge is 2.23. The first-order valence-corrected chi connectivity index (χ1v) is 6.41. The minimum Gasteiger partial charge on any atom is -0.399 e. The topological polar surface area (TPSA) is 50.9 Å². The Balaban J connectivity index is 2.26. The van der Waals surface area contributed by atoms with Crippen LogP contribution in [-0.2, 0) is 5.54 Å². The first-order chi connectivity index (χ1) is 7.99. The molecule has 0 aliphatic heterocycles. The van der Waals surface area contributed by atoms with Crippen LogP contribution < -0.4 is 11.1 Å².